The van der Waals surface area contributed by atoms with Gasteiger partial charge in [0.2, 0.25) is 5.91 Å². The Morgan fingerprint density at radius 1 is 1.14 bits per heavy atom. The molecule has 0 unspecified atom stereocenters. The first kappa shape index (κ1) is 20.4. The van der Waals surface area contributed by atoms with Gasteiger partial charge in [0.1, 0.15) is 12.3 Å². The van der Waals surface area contributed by atoms with Crippen LogP contribution < -0.4 is 21.3 Å². The monoisotopic (exact) mass is 395 g/mol. The highest BCUT2D eigenvalue weighted by atomic mass is 16.5. The number of hydrogen-bond donors (Lipinski definition) is 2. The zero-order valence-corrected chi connectivity index (χ0v) is 17.0. The Morgan fingerprint density at radius 3 is 2.55 bits per heavy atom. The third-order valence-electron chi connectivity index (χ3n) is 4.79. The van der Waals surface area contributed by atoms with Crippen molar-refractivity contribution in [3.8, 4) is 5.75 Å². The van der Waals surface area contributed by atoms with Gasteiger partial charge in [-0.1, -0.05) is 45.0 Å². The van der Waals surface area contributed by atoms with Crippen molar-refractivity contribution in [3.05, 3.63) is 74.9 Å². The molecule has 0 spiro atoms. The van der Waals surface area contributed by atoms with E-state index >= 15 is 0 Å². The van der Waals surface area contributed by atoms with E-state index in [1.165, 1.54) is 0 Å². The number of ether oxygens (including phenoxy) is 1. The molecule has 0 aliphatic rings. The van der Waals surface area contributed by atoms with E-state index in [1.54, 1.807) is 31.4 Å². The first-order valence-corrected chi connectivity index (χ1v) is 9.36. The Morgan fingerprint density at radius 2 is 1.86 bits per heavy atom. The van der Waals surface area contributed by atoms with E-state index in [0.29, 0.717) is 16.7 Å². The first-order chi connectivity index (χ1) is 13.7. The molecule has 1 aromatic heterocycles. The van der Waals surface area contributed by atoms with Gasteiger partial charge >= 0.3 is 5.69 Å². The molecular formula is C22H25N3O4. The predicted molar refractivity (Wildman–Crippen MR) is 112 cm³/mol. The van der Waals surface area contributed by atoms with Crippen molar-refractivity contribution in [3.63, 3.8) is 0 Å². The lowest BCUT2D eigenvalue weighted by Crippen LogP contribution is -2.43. The number of aromatic nitrogens is 2. The Balaban J connectivity index is 1.91. The van der Waals surface area contributed by atoms with E-state index in [-0.39, 0.29) is 18.0 Å². The van der Waals surface area contributed by atoms with Crippen molar-refractivity contribution in [2.75, 3.05) is 7.11 Å². The predicted octanol–water partition coefficient (Wildman–Crippen LogP) is 2.60. The van der Waals surface area contributed by atoms with Crippen LogP contribution >= 0.6 is 0 Å². The number of carbonyl (C=O) groups is 1. The molecule has 1 heterocycles. The van der Waals surface area contributed by atoms with Gasteiger partial charge in [-0.2, -0.15) is 0 Å². The summed E-state index contributed by atoms with van der Waals surface area (Å²) in [5.41, 5.74) is -0.0817. The van der Waals surface area contributed by atoms with Gasteiger partial charge < -0.3 is 15.0 Å². The summed E-state index contributed by atoms with van der Waals surface area (Å²) in [4.78, 5) is 40.4. The van der Waals surface area contributed by atoms with Gasteiger partial charge in [-0.05, 0) is 35.2 Å². The van der Waals surface area contributed by atoms with Crippen LogP contribution in [0.4, 0.5) is 0 Å². The summed E-state index contributed by atoms with van der Waals surface area (Å²) in [5.74, 6) is 0.267. The van der Waals surface area contributed by atoms with Crippen LogP contribution in [-0.2, 0) is 11.3 Å². The normalized spacial score (nSPS) is 12.6. The number of nitrogens with one attached hydrogen (secondary N) is 2. The second-order valence-corrected chi connectivity index (χ2v) is 8.01. The van der Waals surface area contributed by atoms with Crippen molar-refractivity contribution in [1.82, 2.24) is 14.9 Å². The highest BCUT2D eigenvalue weighted by molar-refractivity contribution is 5.79. The molecule has 3 aromatic rings. The van der Waals surface area contributed by atoms with Crippen LogP contribution in [0.2, 0.25) is 0 Å². The summed E-state index contributed by atoms with van der Waals surface area (Å²) in [7, 11) is 1.59. The Bertz CT molecular complexity index is 1150. The average Bonchev–Trinajstić information content (AvgIpc) is 2.68. The molecule has 0 saturated carbocycles. The number of amides is 1. The molecule has 7 heteroatoms. The summed E-state index contributed by atoms with van der Waals surface area (Å²) in [6.45, 7) is 5.65. The fourth-order valence-electron chi connectivity index (χ4n) is 3.31. The van der Waals surface area contributed by atoms with Crippen molar-refractivity contribution in [1.29, 1.82) is 0 Å². The van der Waals surface area contributed by atoms with Crippen LogP contribution in [0.1, 0.15) is 32.4 Å². The van der Waals surface area contributed by atoms with Gasteiger partial charge in [-0.3, -0.25) is 14.2 Å². The van der Waals surface area contributed by atoms with Crippen molar-refractivity contribution in [2.24, 2.45) is 5.41 Å². The average molecular weight is 395 g/mol. The zero-order valence-electron chi connectivity index (χ0n) is 17.0. The number of hydrogen-bond acceptors (Lipinski definition) is 4. The van der Waals surface area contributed by atoms with Gasteiger partial charge in [0.05, 0.1) is 24.1 Å². The summed E-state index contributed by atoms with van der Waals surface area (Å²) >= 11 is 0. The van der Waals surface area contributed by atoms with Crippen LogP contribution in [-0.4, -0.2) is 22.6 Å². The number of methoxy groups -OCH3 is 1. The molecule has 7 nitrogen and oxygen atoms in total. The van der Waals surface area contributed by atoms with E-state index in [2.05, 4.69) is 10.3 Å². The third kappa shape index (κ3) is 4.39. The Hall–Kier alpha value is -3.35. The maximum Gasteiger partial charge on any atom is 0.329 e. The molecule has 1 amide bonds. The summed E-state index contributed by atoms with van der Waals surface area (Å²) in [6, 6.07) is 13.9. The molecule has 3 rings (SSSR count). The molecule has 2 N–H and O–H groups in total. The number of rotatable bonds is 5. The maximum absolute atomic E-state index is 12.8. The van der Waals surface area contributed by atoms with Crippen LogP contribution in [0.15, 0.2) is 58.1 Å². The summed E-state index contributed by atoms with van der Waals surface area (Å²) in [5, 5.41) is 3.33. The van der Waals surface area contributed by atoms with Crippen LogP contribution in [0.3, 0.4) is 0 Å². The molecule has 29 heavy (non-hydrogen) atoms. The maximum atomic E-state index is 12.8. The molecule has 0 radical (unpaired) electrons. The fourth-order valence-corrected chi connectivity index (χ4v) is 3.31. The number of fused-ring (bicyclic) bond motifs is 1. The van der Waals surface area contributed by atoms with Crippen LogP contribution in [0.25, 0.3) is 10.9 Å². The molecule has 0 fully saturated rings. The van der Waals surface area contributed by atoms with Gasteiger partial charge in [-0.25, -0.2) is 4.79 Å². The summed E-state index contributed by atoms with van der Waals surface area (Å²) < 4.78 is 6.21. The lowest BCUT2D eigenvalue weighted by Gasteiger charge is -2.32. The smallest absolute Gasteiger partial charge is 0.329 e. The highest BCUT2D eigenvalue weighted by Gasteiger charge is 2.28. The number of H-pyrrole nitrogens is 1. The van der Waals surface area contributed by atoms with E-state index in [9.17, 15) is 14.4 Å². The van der Waals surface area contributed by atoms with Gasteiger partial charge in [0.25, 0.3) is 5.56 Å². The quantitative estimate of drug-likeness (QED) is 0.694. The van der Waals surface area contributed by atoms with E-state index in [4.69, 9.17) is 4.74 Å². The number of carbonyl (C=O) groups excluding carboxylic acids is 1. The van der Waals surface area contributed by atoms with Crippen molar-refractivity contribution in [2.45, 2.75) is 33.4 Å². The largest absolute Gasteiger partial charge is 0.497 e. The first-order valence-electron chi connectivity index (χ1n) is 9.36. The number of benzene rings is 2. The minimum atomic E-state index is -0.613. The Labute approximate surface area is 168 Å². The zero-order chi connectivity index (χ0) is 21.2. The standard InChI is InChI=1S/C22H25N3O4/c1-22(2,3)19(14-8-7-9-15(12-14)29-4)24-18(26)13-25-20(27)16-10-5-6-11-17(16)23-21(25)28/h5-12,19H,13H2,1-4H3,(H,23,28)(H,24,26)/t19-/m1/s1. The molecule has 0 aliphatic carbocycles. The van der Waals surface area contributed by atoms with Crippen molar-refractivity contribution < 1.29 is 9.53 Å². The van der Waals surface area contributed by atoms with Gasteiger partial charge in [0, 0.05) is 0 Å². The molecule has 2 aromatic carbocycles. The van der Waals surface area contributed by atoms with E-state index in [0.717, 1.165) is 10.1 Å². The van der Waals surface area contributed by atoms with Gasteiger partial charge in [-0.15, -0.1) is 0 Å². The topological polar surface area (TPSA) is 93.2 Å². The number of aromatic amines is 1. The van der Waals surface area contributed by atoms with Gasteiger partial charge in [0.15, 0.2) is 0 Å². The second-order valence-electron chi connectivity index (χ2n) is 8.01. The van der Waals surface area contributed by atoms with Crippen LogP contribution in [0.5, 0.6) is 5.75 Å². The molecule has 0 bridgehead atoms. The highest BCUT2D eigenvalue weighted by Crippen LogP contribution is 2.34. The van der Waals surface area contributed by atoms with E-state index in [1.807, 2.05) is 45.0 Å². The summed E-state index contributed by atoms with van der Waals surface area (Å²) in [6.07, 6.45) is 0. The third-order valence-corrected chi connectivity index (χ3v) is 4.79. The lowest BCUT2D eigenvalue weighted by molar-refractivity contribution is -0.123. The van der Waals surface area contributed by atoms with Crippen molar-refractivity contribution >= 4 is 16.8 Å². The SMILES string of the molecule is COc1cccc([C@@H](NC(=O)Cn2c(=O)[nH]c3ccccc3c2=O)C(C)(C)C)c1. The molecule has 0 saturated heterocycles. The molecule has 0 aliphatic heterocycles. The lowest BCUT2D eigenvalue weighted by atomic mass is 9.82. The fraction of sp³-hybridized carbons (Fsp3) is 0.318. The molecular weight excluding hydrogens is 370 g/mol. The Kier molecular flexibility index (Phi) is 5.59. The molecule has 1 atom stereocenters. The minimum absolute atomic E-state index is 0.303. The number of nitrogens with zero attached hydrogens (tertiary/aromatic N) is 1. The van der Waals surface area contributed by atoms with Crippen LogP contribution in [0, 0.1) is 5.41 Å². The molecule has 152 valence electrons. The van der Waals surface area contributed by atoms with E-state index < -0.39 is 17.2 Å². The second kappa shape index (κ2) is 7.95. The minimum Gasteiger partial charge on any atom is -0.497 e. The number of para-hydroxylation sites is 1.